The first-order chi connectivity index (χ1) is 17.0. The molecule has 0 unspecified atom stereocenters. The summed E-state index contributed by atoms with van der Waals surface area (Å²) in [4.78, 5) is 18.3. The van der Waals surface area contributed by atoms with Crippen molar-refractivity contribution in [2.24, 2.45) is 0 Å². The molecule has 2 amide bonds. The maximum absolute atomic E-state index is 13.5. The summed E-state index contributed by atoms with van der Waals surface area (Å²) in [5.74, 6) is -1.33. The fourth-order valence-corrected chi connectivity index (χ4v) is 6.05. The highest BCUT2D eigenvalue weighted by Gasteiger charge is 2.32. The minimum absolute atomic E-state index is 0.0488. The number of amides is 2. The van der Waals surface area contributed by atoms with E-state index in [1.54, 1.807) is 36.2 Å². The number of hydrogen-bond donors (Lipinski definition) is 1. The van der Waals surface area contributed by atoms with Crippen LogP contribution in [-0.2, 0) is 10.0 Å². The second-order valence-corrected chi connectivity index (χ2v) is 11.5. The van der Waals surface area contributed by atoms with Gasteiger partial charge < -0.3 is 10.2 Å². The van der Waals surface area contributed by atoms with Crippen LogP contribution in [0.15, 0.2) is 64.1 Å². The highest BCUT2D eigenvalue weighted by molar-refractivity contribution is 9.10. The molecule has 2 heterocycles. The molecule has 0 atom stereocenters. The molecule has 1 aliphatic rings. The number of hydrogen-bond acceptors (Lipinski definition) is 4. The van der Waals surface area contributed by atoms with Gasteiger partial charge in [-0.05, 0) is 70.2 Å². The van der Waals surface area contributed by atoms with Gasteiger partial charge >= 0.3 is 6.03 Å². The van der Waals surface area contributed by atoms with Crippen molar-refractivity contribution in [1.29, 1.82) is 0 Å². The predicted molar refractivity (Wildman–Crippen MR) is 137 cm³/mol. The normalized spacial score (nSPS) is 15.0. The second-order valence-electron chi connectivity index (χ2n) is 8.36. The Morgan fingerprint density at radius 2 is 1.69 bits per heavy atom. The van der Waals surface area contributed by atoms with Crippen LogP contribution in [0.3, 0.4) is 0 Å². The molecule has 0 saturated carbocycles. The van der Waals surface area contributed by atoms with E-state index in [0.717, 1.165) is 6.07 Å². The van der Waals surface area contributed by atoms with Crippen molar-refractivity contribution in [3.63, 3.8) is 0 Å². The second kappa shape index (κ2) is 10.8. The minimum atomic E-state index is -3.74. The number of piperidine rings is 1. The molecule has 1 aromatic heterocycles. The van der Waals surface area contributed by atoms with Crippen molar-refractivity contribution in [2.75, 3.05) is 25.5 Å². The number of nitrogens with one attached hydrogen (secondary N) is 1. The largest absolute Gasteiger partial charge is 0.325 e. The fraction of sp³-hybridized carbons (Fsp3) is 0.250. The third-order valence-electron chi connectivity index (χ3n) is 6.03. The number of benzene rings is 2. The molecule has 12 heteroatoms. The molecule has 2 aromatic carbocycles. The van der Waals surface area contributed by atoms with Crippen LogP contribution in [0.1, 0.15) is 12.8 Å². The monoisotopic (exact) mass is 598 g/mol. The lowest BCUT2D eigenvalue weighted by Crippen LogP contribution is -2.48. The van der Waals surface area contributed by atoms with Gasteiger partial charge in [-0.15, -0.1) is 0 Å². The Bertz CT molecular complexity index is 1360. The Morgan fingerprint density at radius 1 is 1.08 bits per heavy atom. The summed E-state index contributed by atoms with van der Waals surface area (Å²) in [5.41, 5.74) is 1.52. The van der Waals surface area contributed by atoms with Gasteiger partial charge in [-0.25, -0.2) is 27.0 Å². The highest BCUT2D eigenvalue weighted by atomic mass is 79.9. The van der Waals surface area contributed by atoms with Gasteiger partial charge in [0.15, 0.2) is 0 Å². The zero-order chi connectivity index (χ0) is 26.0. The summed E-state index contributed by atoms with van der Waals surface area (Å²) in [6.45, 7) is 0.507. The smallest absolute Gasteiger partial charge is 0.321 e. The van der Waals surface area contributed by atoms with E-state index >= 15 is 0 Å². The zero-order valence-electron chi connectivity index (χ0n) is 19.1. The molecule has 1 aliphatic heterocycles. The van der Waals surface area contributed by atoms with Crippen LogP contribution in [-0.4, -0.2) is 54.8 Å². The molecule has 3 aromatic rings. The molecule has 190 valence electrons. The van der Waals surface area contributed by atoms with Crippen LogP contribution in [0.25, 0.3) is 11.1 Å². The molecular weight excluding hydrogens is 578 g/mol. The molecule has 1 saturated heterocycles. The molecule has 7 nitrogen and oxygen atoms in total. The van der Waals surface area contributed by atoms with Gasteiger partial charge in [0.25, 0.3) is 0 Å². The Morgan fingerprint density at radius 3 is 2.28 bits per heavy atom. The fourth-order valence-electron chi connectivity index (χ4n) is 4.01. The van der Waals surface area contributed by atoms with Crippen molar-refractivity contribution in [2.45, 2.75) is 23.8 Å². The van der Waals surface area contributed by atoms with Gasteiger partial charge in [0.1, 0.15) is 21.7 Å². The average Bonchev–Trinajstić information content (AvgIpc) is 2.85. The lowest BCUT2D eigenvalue weighted by Gasteiger charge is -2.36. The van der Waals surface area contributed by atoms with E-state index in [4.69, 9.17) is 11.6 Å². The van der Waals surface area contributed by atoms with E-state index in [-0.39, 0.29) is 35.2 Å². The predicted octanol–water partition coefficient (Wildman–Crippen LogP) is 5.76. The van der Waals surface area contributed by atoms with Crippen molar-refractivity contribution >= 4 is 49.3 Å². The van der Waals surface area contributed by atoms with Gasteiger partial charge in [0.2, 0.25) is 10.0 Å². The summed E-state index contributed by atoms with van der Waals surface area (Å²) < 4.78 is 54.7. The van der Waals surface area contributed by atoms with Gasteiger partial charge in [0, 0.05) is 44.1 Å². The van der Waals surface area contributed by atoms with Crippen LogP contribution >= 0.6 is 27.5 Å². The Balaban J connectivity index is 1.35. The molecule has 0 spiro atoms. The Hall–Kier alpha value is -2.60. The number of aromatic nitrogens is 1. The quantitative estimate of drug-likeness (QED) is 0.378. The third kappa shape index (κ3) is 5.86. The summed E-state index contributed by atoms with van der Waals surface area (Å²) >= 11 is 9.07. The molecule has 0 bridgehead atoms. The minimum Gasteiger partial charge on any atom is -0.325 e. The van der Waals surface area contributed by atoms with Crippen molar-refractivity contribution < 1.29 is 22.0 Å². The highest BCUT2D eigenvalue weighted by Crippen LogP contribution is 2.28. The van der Waals surface area contributed by atoms with Crippen molar-refractivity contribution in [1.82, 2.24) is 14.2 Å². The van der Waals surface area contributed by atoms with Crippen LogP contribution in [0.5, 0.6) is 0 Å². The maximum atomic E-state index is 13.5. The van der Waals surface area contributed by atoms with Gasteiger partial charge in [0.05, 0.1) is 4.47 Å². The molecule has 0 aliphatic carbocycles. The Kier molecular flexibility index (Phi) is 7.93. The topological polar surface area (TPSA) is 82.6 Å². The van der Waals surface area contributed by atoms with E-state index in [0.29, 0.717) is 34.1 Å². The van der Waals surface area contributed by atoms with E-state index in [1.165, 1.54) is 28.7 Å². The SMILES string of the molecule is CN(C(=O)Nc1ccc(-c2cc(F)cc(F)c2)cc1)C1CCN(S(=O)(=O)c2cnc(Cl)c(Br)c2)CC1. The first-order valence-electron chi connectivity index (χ1n) is 11.0. The maximum Gasteiger partial charge on any atom is 0.321 e. The van der Waals surface area contributed by atoms with Crippen molar-refractivity contribution in [3.8, 4) is 11.1 Å². The van der Waals surface area contributed by atoms with Crippen LogP contribution in [0.4, 0.5) is 19.3 Å². The van der Waals surface area contributed by atoms with E-state index in [1.807, 2.05) is 0 Å². The number of urea groups is 1. The van der Waals surface area contributed by atoms with Crippen molar-refractivity contribution in [3.05, 3.63) is 76.0 Å². The number of sulfonamides is 1. The molecule has 1 N–H and O–H groups in total. The first kappa shape index (κ1) is 26.5. The summed E-state index contributed by atoms with van der Waals surface area (Å²) in [7, 11) is -2.07. The van der Waals surface area contributed by atoms with Crippen LogP contribution in [0.2, 0.25) is 5.15 Å². The van der Waals surface area contributed by atoms with Gasteiger partial charge in [-0.1, -0.05) is 23.7 Å². The summed E-state index contributed by atoms with van der Waals surface area (Å²) in [5, 5.41) is 2.98. The number of anilines is 1. The van der Waals surface area contributed by atoms with Gasteiger partial charge in [-0.2, -0.15) is 4.31 Å². The average molecular weight is 600 g/mol. The number of rotatable bonds is 5. The number of carbonyl (C=O) groups is 1. The van der Waals surface area contributed by atoms with E-state index in [2.05, 4.69) is 26.2 Å². The number of pyridine rings is 1. The summed E-state index contributed by atoms with van der Waals surface area (Å²) in [6, 6.07) is 10.8. The number of carbonyl (C=O) groups excluding carboxylic acids is 1. The zero-order valence-corrected chi connectivity index (χ0v) is 22.2. The molecule has 1 fully saturated rings. The standard InChI is InChI=1S/C24H22BrClF2N4O3S/c1-31(20-6-8-32(9-7-20)36(34,35)21-13-22(25)23(26)29-14-21)24(33)30-19-4-2-15(3-5-19)16-10-17(27)12-18(28)11-16/h2-5,10-14,20H,6-9H2,1H3,(H,30,33). The van der Waals surface area contributed by atoms with E-state index in [9.17, 15) is 22.0 Å². The molecule has 0 radical (unpaired) electrons. The molecule has 36 heavy (non-hydrogen) atoms. The van der Waals surface area contributed by atoms with Crippen LogP contribution < -0.4 is 5.32 Å². The summed E-state index contributed by atoms with van der Waals surface area (Å²) in [6.07, 6.45) is 2.16. The lowest BCUT2D eigenvalue weighted by molar-refractivity contribution is 0.174. The van der Waals surface area contributed by atoms with E-state index < -0.39 is 21.7 Å². The van der Waals surface area contributed by atoms with Gasteiger partial charge in [-0.3, -0.25) is 0 Å². The Labute approximate surface area is 221 Å². The molecule has 4 rings (SSSR count). The number of nitrogens with zero attached hydrogens (tertiary/aromatic N) is 3. The molecular formula is C24H22BrClF2N4O3S. The lowest BCUT2D eigenvalue weighted by atomic mass is 10.0. The first-order valence-corrected chi connectivity index (χ1v) is 13.6. The number of halogens is 4. The van der Waals surface area contributed by atoms with Crippen LogP contribution in [0, 0.1) is 11.6 Å². The third-order valence-corrected chi connectivity index (χ3v) is 9.03.